The zero-order valence-corrected chi connectivity index (χ0v) is 13.8. The van der Waals surface area contributed by atoms with Gasteiger partial charge in [0.2, 0.25) is 11.8 Å². The van der Waals surface area contributed by atoms with Crippen LogP contribution in [-0.2, 0) is 9.59 Å². The Morgan fingerprint density at radius 2 is 1.59 bits per heavy atom. The van der Waals surface area contributed by atoms with Crippen LogP contribution in [0, 0.1) is 0 Å². The van der Waals surface area contributed by atoms with E-state index in [1.165, 1.54) is 6.92 Å². The largest absolute Gasteiger partial charge is 0.326 e. The van der Waals surface area contributed by atoms with Crippen molar-refractivity contribution in [1.29, 1.82) is 0 Å². The maximum absolute atomic E-state index is 12.0. The second-order valence-corrected chi connectivity index (χ2v) is 5.40. The molecule has 2 N–H and O–H groups in total. The van der Waals surface area contributed by atoms with Crippen molar-refractivity contribution in [2.45, 2.75) is 40.0 Å². The van der Waals surface area contributed by atoms with Crippen molar-refractivity contribution in [2.75, 3.05) is 30.3 Å². The maximum Gasteiger partial charge on any atom is 0.225 e. The molecule has 2 amide bonds. The smallest absolute Gasteiger partial charge is 0.225 e. The van der Waals surface area contributed by atoms with Crippen LogP contribution >= 0.6 is 0 Å². The quantitative estimate of drug-likeness (QED) is 0.737. The van der Waals surface area contributed by atoms with Gasteiger partial charge in [0, 0.05) is 31.3 Å². The van der Waals surface area contributed by atoms with Crippen molar-refractivity contribution < 1.29 is 9.59 Å². The number of benzene rings is 1. The zero-order valence-electron chi connectivity index (χ0n) is 13.8. The van der Waals surface area contributed by atoms with Crippen LogP contribution in [0.2, 0.25) is 0 Å². The number of amides is 2. The summed E-state index contributed by atoms with van der Waals surface area (Å²) < 4.78 is 0. The van der Waals surface area contributed by atoms with Crippen LogP contribution in [-0.4, -0.2) is 36.3 Å². The Labute approximate surface area is 133 Å². The van der Waals surface area contributed by atoms with E-state index in [1.54, 1.807) is 18.2 Å². The fourth-order valence-corrected chi connectivity index (χ4v) is 2.33. The first-order valence-electron chi connectivity index (χ1n) is 7.95. The van der Waals surface area contributed by atoms with E-state index in [0.29, 0.717) is 17.8 Å². The summed E-state index contributed by atoms with van der Waals surface area (Å²) in [6.45, 7) is 8.59. The molecule has 0 unspecified atom stereocenters. The lowest BCUT2D eigenvalue weighted by atomic mass is 10.2. The summed E-state index contributed by atoms with van der Waals surface area (Å²) in [5, 5.41) is 5.58. The minimum atomic E-state index is -0.127. The van der Waals surface area contributed by atoms with E-state index in [2.05, 4.69) is 29.4 Å². The zero-order chi connectivity index (χ0) is 16.4. The Balaban J connectivity index is 2.48. The fourth-order valence-electron chi connectivity index (χ4n) is 2.33. The molecule has 0 aliphatic heterocycles. The van der Waals surface area contributed by atoms with E-state index in [0.717, 1.165) is 32.5 Å². The Morgan fingerprint density at radius 3 is 2.14 bits per heavy atom. The van der Waals surface area contributed by atoms with Gasteiger partial charge in [0.25, 0.3) is 0 Å². The van der Waals surface area contributed by atoms with Gasteiger partial charge in [-0.05, 0) is 44.1 Å². The molecule has 0 spiro atoms. The Hall–Kier alpha value is -1.88. The molecular formula is C17H27N3O2. The minimum absolute atomic E-state index is 0.00261. The van der Waals surface area contributed by atoms with Crippen LogP contribution in [0.1, 0.15) is 40.0 Å². The molecule has 0 aliphatic rings. The first-order chi connectivity index (χ1) is 10.5. The predicted molar refractivity (Wildman–Crippen MR) is 91.0 cm³/mol. The number of carbonyl (C=O) groups is 2. The third-order valence-electron chi connectivity index (χ3n) is 3.20. The third-order valence-corrected chi connectivity index (χ3v) is 3.20. The van der Waals surface area contributed by atoms with Gasteiger partial charge in [-0.25, -0.2) is 0 Å². The molecular weight excluding hydrogens is 278 g/mol. The average molecular weight is 305 g/mol. The van der Waals surface area contributed by atoms with Gasteiger partial charge >= 0.3 is 0 Å². The number of nitrogens with zero attached hydrogens (tertiary/aromatic N) is 1. The number of rotatable bonds is 9. The molecule has 1 aromatic carbocycles. The second kappa shape index (κ2) is 9.95. The highest BCUT2D eigenvalue weighted by atomic mass is 16.2. The lowest BCUT2D eigenvalue weighted by Crippen LogP contribution is -2.29. The molecule has 5 nitrogen and oxygen atoms in total. The van der Waals surface area contributed by atoms with Crippen LogP contribution in [0.15, 0.2) is 24.3 Å². The maximum atomic E-state index is 12.0. The molecule has 5 heteroatoms. The van der Waals surface area contributed by atoms with Crippen molar-refractivity contribution >= 4 is 23.2 Å². The van der Waals surface area contributed by atoms with Gasteiger partial charge in [-0.2, -0.15) is 0 Å². The molecule has 22 heavy (non-hydrogen) atoms. The lowest BCUT2D eigenvalue weighted by molar-refractivity contribution is -0.116. The van der Waals surface area contributed by atoms with Gasteiger partial charge in [0.05, 0.1) is 0 Å². The van der Waals surface area contributed by atoms with E-state index in [9.17, 15) is 9.59 Å². The summed E-state index contributed by atoms with van der Waals surface area (Å²) >= 11 is 0. The molecule has 0 atom stereocenters. The van der Waals surface area contributed by atoms with Crippen molar-refractivity contribution in [3.05, 3.63) is 24.3 Å². The summed E-state index contributed by atoms with van der Waals surface area (Å²) in [4.78, 5) is 25.4. The molecule has 122 valence electrons. The van der Waals surface area contributed by atoms with E-state index in [1.807, 2.05) is 6.07 Å². The predicted octanol–water partition coefficient (Wildman–Crippen LogP) is 3.10. The van der Waals surface area contributed by atoms with Crippen LogP contribution in [0.5, 0.6) is 0 Å². The molecule has 0 aliphatic carbocycles. The number of hydrogen-bond acceptors (Lipinski definition) is 3. The topological polar surface area (TPSA) is 61.4 Å². The summed E-state index contributed by atoms with van der Waals surface area (Å²) in [5.41, 5.74) is 1.39. The van der Waals surface area contributed by atoms with Crippen LogP contribution in [0.3, 0.4) is 0 Å². The SMILES string of the molecule is CCCN(CCC)CCC(=O)Nc1cccc(NC(C)=O)c1. The molecule has 1 rings (SSSR count). The average Bonchev–Trinajstić information content (AvgIpc) is 2.45. The Bertz CT molecular complexity index is 483. The molecule has 1 aromatic rings. The van der Waals surface area contributed by atoms with Gasteiger partial charge in [-0.1, -0.05) is 19.9 Å². The van der Waals surface area contributed by atoms with Crippen LogP contribution < -0.4 is 10.6 Å². The molecule has 0 radical (unpaired) electrons. The Morgan fingerprint density at radius 1 is 1.00 bits per heavy atom. The highest BCUT2D eigenvalue weighted by Crippen LogP contribution is 2.15. The summed E-state index contributed by atoms with van der Waals surface area (Å²) in [6.07, 6.45) is 2.67. The molecule has 0 bridgehead atoms. The lowest BCUT2D eigenvalue weighted by Gasteiger charge is -2.20. The van der Waals surface area contributed by atoms with Crippen molar-refractivity contribution in [3.8, 4) is 0 Å². The summed E-state index contributed by atoms with van der Waals surface area (Å²) in [7, 11) is 0. The van der Waals surface area contributed by atoms with Gasteiger partial charge in [0.1, 0.15) is 0 Å². The molecule has 0 heterocycles. The van der Waals surface area contributed by atoms with Crippen molar-refractivity contribution in [1.82, 2.24) is 4.90 Å². The molecule has 0 saturated carbocycles. The number of nitrogens with one attached hydrogen (secondary N) is 2. The number of carbonyl (C=O) groups excluding carboxylic acids is 2. The first kappa shape index (κ1) is 18.2. The van der Waals surface area contributed by atoms with Crippen LogP contribution in [0.25, 0.3) is 0 Å². The molecule has 0 saturated heterocycles. The van der Waals surface area contributed by atoms with Gasteiger partial charge in [-0.3, -0.25) is 9.59 Å². The highest BCUT2D eigenvalue weighted by molar-refractivity contribution is 5.93. The van der Waals surface area contributed by atoms with Crippen molar-refractivity contribution in [2.24, 2.45) is 0 Å². The standard InChI is InChI=1S/C17H27N3O2/c1-4-10-20(11-5-2)12-9-17(22)19-16-8-6-7-15(13-16)18-14(3)21/h6-8,13H,4-5,9-12H2,1-3H3,(H,18,21)(H,19,22). The van der Waals surface area contributed by atoms with E-state index < -0.39 is 0 Å². The highest BCUT2D eigenvalue weighted by Gasteiger charge is 2.08. The van der Waals surface area contributed by atoms with Gasteiger partial charge in [0.15, 0.2) is 0 Å². The number of hydrogen-bond donors (Lipinski definition) is 2. The van der Waals surface area contributed by atoms with Crippen LogP contribution in [0.4, 0.5) is 11.4 Å². The second-order valence-electron chi connectivity index (χ2n) is 5.40. The molecule has 0 fully saturated rings. The van der Waals surface area contributed by atoms with E-state index >= 15 is 0 Å². The van der Waals surface area contributed by atoms with E-state index in [-0.39, 0.29) is 11.8 Å². The van der Waals surface area contributed by atoms with Gasteiger partial charge in [-0.15, -0.1) is 0 Å². The normalized spacial score (nSPS) is 10.5. The number of anilines is 2. The van der Waals surface area contributed by atoms with E-state index in [4.69, 9.17) is 0 Å². The summed E-state index contributed by atoms with van der Waals surface area (Å²) in [5.74, 6) is -0.129. The fraction of sp³-hybridized carbons (Fsp3) is 0.529. The minimum Gasteiger partial charge on any atom is -0.326 e. The third kappa shape index (κ3) is 7.22. The molecule has 0 aromatic heterocycles. The first-order valence-corrected chi connectivity index (χ1v) is 7.95. The van der Waals surface area contributed by atoms with Gasteiger partial charge < -0.3 is 15.5 Å². The Kier molecular flexibility index (Phi) is 8.22. The monoisotopic (exact) mass is 305 g/mol. The van der Waals surface area contributed by atoms with Crippen molar-refractivity contribution in [3.63, 3.8) is 0 Å². The summed E-state index contributed by atoms with van der Waals surface area (Å²) in [6, 6.07) is 7.18.